The number of phenols is 1. The average molecular weight is 374 g/mol. The lowest BCUT2D eigenvalue weighted by Crippen LogP contribution is -2.37. The van der Waals surface area contributed by atoms with Crippen LogP contribution in [0.2, 0.25) is 0 Å². The molecule has 0 aliphatic heterocycles. The molecule has 0 fully saturated rings. The summed E-state index contributed by atoms with van der Waals surface area (Å²) in [6, 6.07) is 14.9. The molecule has 26 heavy (non-hydrogen) atoms. The number of aromatic hydroxyl groups is 1. The minimum absolute atomic E-state index is 0.0443. The van der Waals surface area contributed by atoms with Crippen molar-refractivity contribution in [2.75, 3.05) is 7.11 Å². The van der Waals surface area contributed by atoms with Crippen LogP contribution in [0, 0.1) is 0 Å². The molecule has 4 nitrogen and oxygen atoms in total. The molecule has 0 saturated carbocycles. The Labute approximate surface area is 159 Å². The molecule has 2 aromatic rings. The standard InChI is InChI=1S/C21H27NO3S/c1-4-6-21(5-2)26(24)22(15-17-7-11-19(23)12-8-17)16-18-9-13-20(25-3)14-10-18/h4,7-14,21,23H,1,5-6,15-16H2,2-3H3. The van der Waals surface area contributed by atoms with E-state index in [1.807, 2.05) is 46.8 Å². The number of ether oxygens (including phenoxy) is 1. The van der Waals surface area contributed by atoms with E-state index in [-0.39, 0.29) is 11.0 Å². The van der Waals surface area contributed by atoms with Crippen LogP contribution in [-0.2, 0) is 24.5 Å². The highest BCUT2D eigenvalue weighted by Gasteiger charge is 2.28. The lowest BCUT2D eigenvalue weighted by atomic mass is 10.2. The molecule has 0 amide bonds. The van der Waals surface area contributed by atoms with Crippen molar-refractivity contribution in [2.24, 2.45) is 0 Å². The van der Waals surface area contributed by atoms with Crippen LogP contribution in [0.15, 0.2) is 61.2 Å². The highest BCUT2D eigenvalue weighted by atomic mass is 32.2. The topological polar surface area (TPSA) is 55.8 Å². The van der Waals surface area contributed by atoms with Crippen molar-refractivity contribution >= 4 is 11.4 Å². The normalized spacial score (nSPS) is 13.4. The van der Waals surface area contributed by atoms with E-state index in [9.17, 15) is 9.66 Å². The van der Waals surface area contributed by atoms with Crippen LogP contribution < -0.4 is 4.74 Å². The SMILES string of the molecule is C=CCC(CC)[S+]([O-])N(Cc1ccc(O)cc1)Cc1ccc(OC)cc1. The van der Waals surface area contributed by atoms with Gasteiger partial charge in [0.05, 0.1) is 20.2 Å². The Morgan fingerprint density at radius 3 is 2.12 bits per heavy atom. The first kappa shape index (κ1) is 20.4. The Kier molecular flexibility index (Phi) is 8.04. The molecular formula is C21H27NO3S. The molecule has 2 aromatic carbocycles. The number of hydrogen-bond acceptors (Lipinski definition) is 4. The molecule has 0 heterocycles. The first-order valence-electron chi connectivity index (χ1n) is 8.74. The largest absolute Gasteiger partial charge is 0.598 e. The molecule has 2 atom stereocenters. The Morgan fingerprint density at radius 2 is 1.65 bits per heavy atom. The van der Waals surface area contributed by atoms with Gasteiger partial charge >= 0.3 is 0 Å². The summed E-state index contributed by atoms with van der Waals surface area (Å²) in [4.78, 5) is 0. The summed E-state index contributed by atoms with van der Waals surface area (Å²) >= 11 is -1.14. The molecule has 0 aliphatic carbocycles. The predicted octanol–water partition coefficient (Wildman–Crippen LogP) is 4.42. The number of benzene rings is 2. The first-order chi connectivity index (χ1) is 12.6. The summed E-state index contributed by atoms with van der Waals surface area (Å²) < 4.78 is 20.4. The van der Waals surface area contributed by atoms with Crippen LogP contribution in [0.25, 0.3) is 0 Å². The fourth-order valence-corrected chi connectivity index (χ4v) is 4.27. The Bertz CT molecular complexity index is 673. The van der Waals surface area contributed by atoms with Gasteiger partial charge in [0.1, 0.15) is 16.7 Å². The second-order valence-electron chi connectivity index (χ2n) is 6.14. The van der Waals surface area contributed by atoms with E-state index in [1.165, 1.54) is 0 Å². The van der Waals surface area contributed by atoms with Crippen LogP contribution in [0.3, 0.4) is 0 Å². The Balaban J connectivity index is 2.20. The van der Waals surface area contributed by atoms with Gasteiger partial charge in [0.25, 0.3) is 0 Å². The van der Waals surface area contributed by atoms with Crippen molar-refractivity contribution in [2.45, 2.75) is 38.1 Å². The summed E-state index contributed by atoms with van der Waals surface area (Å²) in [5.41, 5.74) is 2.09. The monoisotopic (exact) mass is 373 g/mol. The lowest BCUT2D eigenvalue weighted by molar-refractivity contribution is 0.390. The van der Waals surface area contributed by atoms with Gasteiger partial charge in [0.15, 0.2) is 0 Å². The molecule has 0 saturated heterocycles. The van der Waals surface area contributed by atoms with Crippen LogP contribution in [0.4, 0.5) is 0 Å². The quantitative estimate of drug-likeness (QED) is 0.495. The van der Waals surface area contributed by atoms with Gasteiger partial charge in [-0.25, -0.2) is 0 Å². The molecule has 5 heteroatoms. The number of allylic oxidation sites excluding steroid dienone is 1. The van der Waals surface area contributed by atoms with Crippen molar-refractivity contribution in [3.8, 4) is 11.5 Å². The molecule has 2 unspecified atom stereocenters. The second kappa shape index (κ2) is 10.3. The van der Waals surface area contributed by atoms with E-state index in [1.54, 1.807) is 19.2 Å². The summed E-state index contributed by atoms with van der Waals surface area (Å²) in [6.07, 6.45) is 3.38. The van der Waals surface area contributed by atoms with E-state index in [0.717, 1.165) is 29.7 Å². The molecule has 2 rings (SSSR count). The van der Waals surface area contributed by atoms with Gasteiger partial charge in [-0.05, 0) is 41.8 Å². The van der Waals surface area contributed by atoms with Crippen molar-refractivity contribution in [1.29, 1.82) is 0 Å². The summed E-state index contributed by atoms with van der Waals surface area (Å²) in [5.74, 6) is 1.03. The van der Waals surface area contributed by atoms with Crippen LogP contribution in [0.5, 0.6) is 11.5 Å². The summed E-state index contributed by atoms with van der Waals surface area (Å²) in [7, 11) is 1.64. The molecule has 0 radical (unpaired) electrons. The minimum atomic E-state index is -1.14. The minimum Gasteiger partial charge on any atom is -0.598 e. The van der Waals surface area contributed by atoms with Crippen LogP contribution in [-0.4, -0.2) is 26.3 Å². The maximum atomic E-state index is 13.2. The van der Waals surface area contributed by atoms with E-state index < -0.39 is 11.4 Å². The summed E-state index contributed by atoms with van der Waals surface area (Å²) in [6.45, 7) is 6.97. The third-order valence-corrected chi connectivity index (χ3v) is 6.10. The Morgan fingerprint density at radius 1 is 1.12 bits per heavy atom. The van der Waals surface area contributed by atoms with E-state index in [4.69, 9.17) is 4.74 Å². The van der Waals surface area contributed by atoms with Gasteiger partial charge in [-0.3, -0.25) is 0 Å². The van der Waals surface area contributed by atoms with E-state index in [2.05, 4.69) is 13.5 Å². The second-order valence-corrected chi connectivity index (χ2v) is 7.88. The van der Waals surface area contributed by atoms with Crippen molar-refractivity contribution in [3.05, 3.63) is 72.3 Å². The van der Waals surface area contributed by atoms with Gasteiger partial charge in [0, 0.05) is 17.8 Å². The zero-order valence-corrected chi connectivity index (χ0v) is 16.2. The van der Waals surface area contributed by atoms with Crippen molar-refractivity contribution < 1.29 is 14.4 Å². The third kappa shape index (κ3) is 5.80. The number of nitrogens with zero attached hydrogens (tertiary/aromatic N) is 1. The maximum absolute atomic E-state index is 13.2. The molecule has 0 aliphatic rings. The smallest absolute Gasteiger partial charge is 0.138 e. The van der Waals surface area contributed by atoms with Gasteiger partial charge in [0.2, 0.25) is 0 Å². The molecule has 140 valence electrons. The van der Waals surface area contributed by atoms with Gasteiger partial charge in [-0.1, -0.05) is 37.3 Å². The number of methoxy groups -OCH3 is 1. The highest BCUT2D eigenvalue weighted by Crippen LogP contribution is 2.23. The lowest BCUT2D eigenvalue weighted by Gasteiger charge is -2.29. The van der Waals surface area contributed by atoms with Crippen LogP contribution in [0.1, 0.15) is 30.9 Å². The fourth-order valence-electron chi connectivity index (χ4n) is 2.71. The fraction of sp³-hybridized carbons (Fsp3) is 0.333. The van der Waals surface area contributed by atoms with E-state index in [0.29, 0.717) is 13.1 Å². The molecule has 0 spiro atoms. The average Bonchev–Trinajstić information content (AvgIpc) is 2.67. The molecule has 0 bridgehead atoms. The van der Waals surface area contributed by atoms with Crippen molar-refractivity contribution in [3.63, 3.8) is 0 Å². The predicted molar refractivity (Wildman–Crippen MR) is 107 cm³/mol. The highest BCUT2D eigenvalue weighted by molar-refractivity contribution is 7.89. The van der Waals surface area contributed by atoms with Crippen molar-refractivity contribution in [1.82, 2.24) is 4.31 Å². The zero-order valence-electron chi connectivity index (χ0n) is 15.4. The first-order valence-corrected chi connectivity index (χ1v) is 9.91. The number of rotatable bonds is 10. The van der Waals surface area contributed by atoms with E-state index >= 15 is 0 Å². The van der Waals surface area contributed by atoms with Gasteiger partial charge in [-0.2, -0.15) is 0 Å². The molecular weight excluding hydrogens is 346 g/mol. The summed E-state index contributed by atoms with van der Waals surface area (Å²) in [5, 5.41) is 9.53. The maximum Gasteiger partial charge on any atom is 0.138 e. The van der Waals surface area contributed by atoms with Gasteiger partial charge in [-0.15, -0.1) is 10.9 Å². The Hall–Kier alpha value is -1.95. The zero-order chi connectivity index (χ0) is 18.9. The van der Waals surface area contributed by atoms with Gasteiger partial charge < -0.3 is 14.4 Å². The third-order valence-electron chi connectivity index (χ3n) is 4.24. The molecule has 0 aromatic heterocycles. The number of phenolic OH excluding ortho intramolecular Hbond substituents is 1. The number of hydrogen-bond donors (Lipinski definition) is 1. The molecule has 1 N–H and O–H groups in total. The van der Waals surface area contributed by atoms with Crippen LogP contribution >= 0.6 is 0 Å².